The number of hydrogen-bond acceptors (Lipinski definition) is 5. The van der Waals surface area contributed by atoms with E-state index in [0.717, 1.165) is 0 Å². The van der Waals surface area contributed by atoms with E-state index in [2.05, 4.69) is 10.6 Å². The minimum absolute atomic E-state index is 0.0739. The Kier molecular flexibility index (Phi) is 7.76. The normalized spacial score (nSPS) is 12.2. The molecule has 1 aromatic carbocycles. The molecule has 0 heterocycles. The molecule has 1 rings (SSSR count). The standard InChI is InChI=1S/C17H20ClN3O4/c1-10(2)6-14(17(23)24)21-16(22)11(8-19)9-20-13-7-12(18)4-5-15(13)25-3/h4-5,7,9-10,14,20H,6H2,1-3H3,(H,21,22)(H,23,24)/b11-9-. The van der Waals surface area contributed by atoms with Gasteiger partial charge in [-0.15, -0.1) is 0 Å². The van der Waals surface area contributed by atoms with E-state index >= 15 is 0 Å². The molecule has 0 spiro atoms. The molecule has 8 heteroatoms. The van der Waals surface area contributed by atoms with Gasteiger partial charge in [0.2, 0.25) is 0 Å². The van der Waals surface area contributed by atoms with Gasteiger partial charge in [0.25, 0.3) is 5.91 Å². The summed E-state index contributed by atoms with van der Waals surface area (Å²) in [5, 5.41) is 23.9. The van der Waals surface area contributed by atoms with Crippen molar-refractivity contribution in [3.63, 3.8) is 0 Å². The van der Waals surface area contributed by atoms with Crippen LogP contribution in [0.2, 0.25) is 5.02 Å². The number of carbonyl (C=O) groups excluding carboxylic acids is 1. The zero-order valence-electron chi connectivity index (χ0n) is 14.2. The maximum atomic E-state index is 12.2. The third-order valence-electron chi connectivity index (χ3n) is 3.21. The Hall–Kier alpha value is -2.72. The number of carboxylic acids is 1. The van der Waals surface area contributed by atoms with Crippen LogP contribution in [-0.2, 0) is 9.59 Å². The van der Waals surface area contributed by atoms with Crippen molar-refractivity contribution < 1.29 is 19.4 Å². The monoisotopic (exact) mass is 365 g/mol. The predicted molar refractivity (Wildman–Crippen MR) is 94.3 cm³/mol. The first-order chi connectivity index (χ1) is 11.8. The van der Waals surface area contributed by atoms with Crippen molar-refractivity contribution in [2.24, 2.45) is 5.92 Å². The molecule has 0 saturated heterocycles. The van der Waals surface area contributed by atoms with Gasteiger partial charge in [-0.1, -0.05) is 25.4 Å². The van der Waals surface area contributed by atoms with E-state index < -0.39 is 17.9 Å². The van der Waals surface area contributed by atoms with Crippen molar-refractivity contribution >= 4 is 29.2 Å². The van der Waals surface area contributed by atoms with Crippen LogP contribution in [0, 0.1) is 17.2 Å². The van der Waals surface area contributed by atoms with E-state index in [9.17, 15) is 9.59 Å². The number of aliphatic carboxylic acids is 1. The lowest BCUT2D eigenvalue weighted by Gasteiger charge is -2.16. The maximum absolute atomic E-state index is 12.2. The third-order valence-corrected chi connectivity index (χ3v) is 3.44. The molecule has 0 bridgehead atoms. The SMILES string of the molecule is COc1ccc(Cl)cc1N/C=C(/C#N)C(=O)NC(CC(C)C)C(=O)O. The highest BCUT2D eigenvalue weighted by molar-refractivity contribution is 6.30. The van der Waals surface area contributed by atoms with Gasteiger partial charge in [-0.2, -0.15) is 5.26 Å². The number of benzene rings is 1. The molecule has 0 saturated carbocycles. The molecule has 1 aromatic rings. The van der Waals surface area contributed by atoms with Crippen LogP contribution in [0.25, 0.3) is 0 Å². The van der Waals surface area contributed by atoms with Crippen LogP contribution in [0.5, 0.6) is 5.75 Å². The average Bonchev–Trinajstić information content (AvgIpc) is 2.54. The van der Waals surface area contributed by atoms with Gasteiger partial charge in [-0.25, -0.2) is 4.79 Å². The van der Waals surface area contributed by atoms with E-state index in [-0.39, 0.29) is 17.9 Å². The summed E-state index contributed by atoms with van der Waals surface area (Å²) in [5.41, 5.74) is 0.199. The molecule has 0 fully saturated rings. The second-order valence-corrected chi connectivity index (χ2v) is 6.09. The topological polar surface area (TPSA) is 111 Å². The molecule has 0 aliphatic carbocycles. The van der Waals surface area contributed by atoms with Crippen molar-refractivity contribution in [3.8, 4) is 11.8 Å². The first kappa shape index (κ1) is 20.3. The molecule has 0 aromatic heterocycles. The highest BCUT2D eigenvalue weighted by Crippen LogP contribution is 2.27. The van der Waals surface area contributed by atoms with Crippen LogP contribution in [0.1, 0.15) is 20.3 Å². The smallest absolute Gasteiger partial charge is 0.326 e. The molecule has 7 nitrogen and oxygen atoms in total. The molecular formula is C17H20ClN3O4. The quantitative estimate of drug-likeness (QED) is 0.482. The molecule has 0 aliphatic heterocycles. The first-order valence-electron chi connectivity index (χ1n) is 7.52. The number of hydrogen-bond donors (Lipinski definition) is 3. The average molecular weight is 366 g/mol. The Morgan fingerprint density at radius 1 is 1.44 bits per heavy atom. The van der Waals surface area contributed by atoms with E-state index in [0.29, 0.717) is 16.5 Å². The van der Waals surface area contributed by atoms with E-state index in [1.807, 2.05) is 13.8 Å². The van der Waals surface area contributed by atoms with Crippen LogP contribution in [0.4, 0.5) is 5.69 Å². The number of carbonyl (C=O) groups is 2. The number of carboxylic acid groups (broad SMARTS) is 1. The summed E-state index contributed by atoms with van der Waals surface area (Å²) in [6.45, 7) is 3.69. The zero-order chi connectivity index (χ0) is 19.0. The number of amides is 1. The number of anilines is 1. The molecule has 1 atom stereocenters. The van der Waals surface area contributed by atoms with E-state index in [1.165, 1.54) is 13.3 Å². The first-order valence-corrected chi connectivity index (χ1v) is 7.90. The van der Waals surface area contributed by atoms with Gasteiger partial charge >= 0.3 is 5.97 Å². The van der Waals surface area contributed by atoms with Crippen molar-refractivity contribution in [1.82, 2.24) is 5.32 Å². The Balaban J connectivity index is 2.92. The van der Waals surface area contributed by atoms with Crippen molar-refractivity contribution in [2.75, 3.05) is 12.4 Å². The molecule has 0 aliphatic rings. The lowest BCUT2D eigenvalue weighted by Crippen LogP contribution is -2.42. The number of rotatable bonds is 8. The van der Waals surface area contributed by atoms with Crippen LogP contribution in [-0.4, -0.2) is 30.1 Å². The van der Waals surface area contributed by atoms with Gasteiger partial charge < -0.3 is 20.5 Å². The number of nitrogens with one attached hydrogen (secondary N) is 2. The molecule has 0 radical (unpaired) electrons. The highest BCUT2D eigenvalue weighted by Gasteiger charge is 2.22. The van der Waals surface area contributed by atoms with Crippen molar-refractivity contribution in [2.45, 2.75) is 26.3 Å². The van der Waals surface area contributed by atoms with Crippen molar-refractivity contribution in [3.05, 3.63) is 35.0 Å². The van der Waals surface area contributed by atoms with Crippen LogP contribution >= 0.6 is 11.6 Å². The largest absolute Gasteiger partial charge is 0.495 e. The Morgan fingerprint density at radius 3 is 2.64 bits per heavy atom. The fourth-order valence-electron chi connectivity index (χ4n) is 2.02. The molecular weight excluding hydrogens is 346 g/mol. The Morgan fingerprint density at radius 2 is 2.12 bits per heavy atom. The predicted octanol–water partition coefficient (Wildman–Crippen LogP) is 2.78. The summed E-state index contributed by atoms with van der Waals surface area (Å²) in [6, 6.07) is 5.52. The minimum Gasteiger partial charge on any atom is -0.495 e. The van der Waals surface area contributed by atoms with Crippen LogP contribution in [0.3, 0.4) is 0 Å². The van der Waals surface area contributed by atoms with Gasteiger partial charge in [0, 0.05) is 11.2 Å². The van der Waals surface area contributed by atoms with Gasteiger partial charge in [-0.05, 0) is 30.5 Å². The lowest BCUT2D eigenvalue weighted by molar-refractivity contribution is -0.141. The summed E-state index contributed by atoms with van der Waals surface area (Å²) in [7, 11) is 1.47. The number of nitrogens with zero attached hydrogens (tertiary/aromatic N) is 1. The second kappa shape index (κ2) is 9.55. The van der Waals surface area contributed by atoms with Gasteiger partial charge in [0.05, 0.1) is 12.8 Å². The molecule has 3 N–H and O–H groups in total. The fourth-order valence-corrected chi connectivity index (χ4v) is 2.19. The molecule has 1 unspecified atom stereocenters. The van der Waals surface area contributed by atoms with Gasteiger partial charge in [-0.3, -0.25) is 4.79 Å². The van der Waals surface area contributed by atoms with Gasteiger partial charge in [0.15, 0.2) is 0 Å². The Labute approximate surface area is 151 Å². The van der Waals surface area contributed by atoms with E-state index in [1.54, 1.807) is 24.3 Å². The van der Waals surface area contributed by atoms with Crippen molar-refractivity contribution in [1.29, 1.82) is 5.26 Å². The minimum atomic E-state index is -1.15. The molecule has 25 heavy (non-hydrogen) atoms. The Bertz CT molecular complexity index is 710. The second-order valence-electron chi connectivity index (χ2n) is 5.65. The number of halogens is 1. The summed E-state index contributed by atoms with van der Waals surface area (Å²) >= 11 is 5.91. The third kappa shape index (κ3) is 6.36. The summed E-state index contributed by atoms with van der Waals surface area (Å²) in [4.78, 5) is 23.4. The number of ether oxygens (including phenoxy) is 1. The molecule has 1 amide bonds. The maximum Gasteiger partial charge on any atom is 0.326 e. The lowest BCUT2D eigenvalue weighted by atomic mass is 10.0. The summed E-state index contributed by atoms with van der Waals surface area (Å²) in [5.74, 6) is -1.38. The van der Waals surface area contributed by atoms with Gasteiger partial charge in [0.1, 0.15) is 23.4 Å². The number of nitriles is 1. The highest BCUT2D eigenvalue weighted by atomic mass is 35.5. The zero-order valence-corrected chi connectivity index (χ0v) is 14.9. The summed E-state index contributed by atoms with van der Waals surface area (Å²) < 4.78 is 5.15. The summed E-state index contributed by atoms with van der Waals surface area (Å²) in [6.07, 6.45) is 1.44. The van der Waals surface area contributed by atoms with E-state index in [4.69, 9.17) is 26.7 Å². The van der Waals surface area contributed by atoms with Crippen LogP contribution in [0.15, 0.2) is 30.0 Å². The number of methoxy groups -OCH3 is 1. The molecule has 134 valence electrons. The fraction of sp³-hybridized carbons (Fsp3) is 0.353. The van der Waals surface area contributed by atoms with Crippen LogP contribution < -0.4 is 15.4 Å².